The van der Waals surface area contributed by atoms with E-state index in [1.807, 2.05) is 32.0 Å². The molecule has 0 amide bonds. The van der Waals surface area contributed by atoms with Crippen LogP contribution >= 0.6 is 11.6 Å². The third kappa shape index (κ3) is 2.02. The highest BCUT2D eigenvalue weighted by atomic mass is 35.5. The molecule has 0 aliphatic carbocycles. The summed E-state index contributed by atoms with van der Waals surface area (Å²) < 4.78 is 10.6. The first-order chi connectivity index (χ1) is 8.56. The predicted molar refractivity (Wildman–Crippen MR) is 69.5 cm³/mol. The van der Waals surface area contributed by atoms with Crippen LogP contribution in [0.4, 0.5) is 0 Å². The molecule has 3 atom stereocenters. The van der Waals surface area contributed by atoms with Crippen LogP contribution in [0.1, 0.15) is 31.9 Å². The van der Waals surface area contributed by atoms with Gasteiger partial charge in [-0.3, -0.25) is 0 Å². The summed E-state index contributed by atoms with van der Waals surface area (Å²) in [4.78, 5) is 12.0. The van der Waals surface area contributed by atoms with Gasteiger partial charge in [0, 0.05) is 5.02 Å². The van der Waals surface area contributed by atoms with Crippen LogP contribution in [0.25, 0.3) is 0 Å². The van der Waals surface area contributed by atoms with Gasteiger partial charge in [0.15, 0.2) is 5.60 Å². The molecule has 0 bridgehead atoms. The van der Waals surface area contributed by atoms with Crippen LogP contribution in [0.15, 0.2) is 24.3 Å². The van der Waals surface area contributed by atoms with Crippen molar-refractivity contribution in [3.63, 3.8) is 0 Å². The van der Waals surface area contributed by atoms with E-state index >= 15 is 0 Å². The van der Waals surface area contributed by atoms with Crippen molar-refractivity contribution in [2.24, 2.45) is 5.92 Å². The van der Waals surface area contributed by atoms with Gasteiger partial charge in [0.1, 0.15) is 6.10 Å². The van der Waals surface area contributed by atoms with Gasteiger partial charge in [-0.25, -0.2) is 4.79 Å². The molecular formula is C14H17ClO3. The van der Waals surface area contributed by atoms with E-state index in [2.05, 4.69) is 0 Å². The van der Waals surface area contributed by atoms with Gasteiger partial charge in [-0.05, 0) is 23.6 Å². The van der Waals surface area contributed by atoms with Gasteiger partial charge >= 0.3 is 5.97 Å². The molecule has 18 heavy (non-hydrogen) atoms. The number of benzene rings is 1. The van der Waals surface area contributed by atoms with Crippen LogP contribution in [-0.4, -0.2) is 18.7 Å². The Morgan fingerprint density at radius 2 is 2.33 bits per heavy atom. The average Bonchev–Trinajstić information content (AvgIpc) is 3.13. The minimum atomic E-state index is -0.839. The van der Waals surface area contributed by atoms with Gasteiger partial charge in [-0.15, -0.1) is 0 Å². The molecule has 3 nitrogen and oxygen atoms in total. The van der Waals surface area contributed by atoms with Crippen molar-refractivity contribution in [2.45, 2.75) is 32.0 Å². The second kappa shape index (κ2) is 4.90. The molecule has 1 saturated heterocycles. The van der Waals surface area contributed by atoms with E-state index < -0.39 is 5.60 Å². The lowest BCUT2D eigenvalue weighted by Gasteiger charge is -2.17. The van der Waals surface area contributed by atoms with Crippen molar-refractivity contribution >= 4 is 17.6 Å². The van der Waals surface area contributed by atoms with E-state index in [0.29, 0.717) is 5.02 Å². The third-order valence-corrected chi connectivity index (χ3v) is 3.88. The fraction of sp³-hybridized carbons (Fsp3) is 0.500. The Kier molecular flexibility index (Phi) is 3.64. The summed E-state index contributed by atoms with van der Waals surface area (Å²) in [5, 5.41) is 0.644. The number of halogens is 1. The molecule has 98 valence electrons. The van der Waals surface area contributed by atoms with E-state index in [9.17, 15) is 4.79 Å². The lowest BCUT2D eigenvalue weighted by Crippen LogP contribution is -2.33. The number of carbonyl (C=O) groups excluding carboxylic acids is 1. The van der Waals surface area contributed by atoms with Gasteiger partial charge in [-0.2, -0.15) is 0 Å². The summed E-state index contributed by atoms with van der Waals surface area (Å²) >= 11 is 5.96. The van der Waals surface area contributed by atoms with E-state index in [4.69, 9.17) is 21.1 Å². The van der Waals surface area contributed by atoms with Gasteiger partial charge < -0.3 is 9.47 Å². The van der Waals surface area contributed by atoms with Crippen molar-refractivity contribution in [1.82, 2.24) is 0 Å². The Morgan fingerprint density at radius 3 is 2.89 bits per heavy atom. The molecule has 0 saturated carbocycles. The summed E-state index contributed by atoms with van der Waals surface area (Å²) in [6.45, 7) is 4.04. The zero-order valence-electron chi connectivity index (χ0n) is 10.8. The Bertz CT molecular complexity index is 460. The Morgan fingerprint density at radius 1 is 1.61 bits per heavy atom. The molecule has 0 N–H and O–H groups in total. The second-order valence-corrected chi connectivity index (χ2v) is 5.08. The van der Waals surface area contributed by atoms with Gasteiger partial charge in [-0.1, -0.05) is 44.0 Å². The molecule has 2 rings (SSSR count). The highest BCUT2D eigenvalue weighted by molar-refractivity contribution is 6.30. The molecule has 1 aromatic rings. The average molecular weight is 269 g/mol. The van der Waals surface area contributed by atoms with E-state index in [1.165, 1.54) is 7.11 Å². The van der Waals surface area contributed by atoms with Crippen LogP contribution in [0.5, 0.6) is 0 Å². The maximum Gasteiger partial charge on any atom is 0.341 e. The number of rotatable bonds is 4. The van der Waals surface area contributed by atoms with Crippen LogP contribution in [-0.2, 0) is 14.3 Å². The van der Waals surface area contributed by atoms with Gasteiger partial charge in [0.25, 0.3) is 0 Å². The largest absolute Gasteiger partial charge is 0.467 e. The van der Waals surface area contributed by atoms with Crippen LogP contribution < -0.4 is 0 Å². The van der Waals surface area contributed by atoms with Gasteiger partial charge in [0.05, 0.1) is 7.11 Å². The quantitative estimate of drug-likeness (QED) is 0.621. The maximum absolute atomic E-state index is 12.0. The number of carbonyl (C=O) groups is 1. The Balaban J connectivity index is 2.30. The van der Waals surface area contributed by atoms with Crippen LogP contribution in [0.2, 0.25) is 5.02 Å². The summed E-state index contributed by atoms with van der Waals surface area (Å²) in [6.07, 6.45) is 0.602. The second-order valence-electron chi connectivity index (χ2n) is 4.65. The molecule has 1 aliphatic heterocycles. The highest BCUT2D eigenvalue weighted by Crippen LogP contribution is 2.56. The predicted octanol–water partition coefficient (Wildman–Crippen LogP) is 3.37. The summed E-state index contributed by atoms with van der Waals surface area (Å²) in [6, 6.07) is 7.41. The zero-order valence-corrected chi connectivity index (χ0v) is 11.5. The Hall–Kier alpha value is -1.06. The number of esters is 1. The van der Waals surface area contributed by atoms with Crippen molar-refractivity contribution in [1.29, 1.82) is 0 Å². The molecule has 0 aromatic heterocycles. The minimum Gasteiger partial charge on any atom is -0.467 e. The lowest BCUT2D eigenvalue weighted by molar-refractivity contribution is -0.149. The molecule has 4 heteroatoms. The van der Waals surface area contributed by atoms with Crippen LogP contribution in [0.3, 0.4) is 0 Å². The van der Waals surface area contributed by atoms with Crippen molar-refractivity contribution in [3.8, 4) is 0 Å². The fourth-order valence-corrected chi connectivity index (χ4v) is 2.54. The molecule has 1 fully saturated rings. The third-order valence-electron chi connectivity index (χ3n) is 3.65. The molecule has 3 unspecified atom stereocenters. The highest BCUT2D eigenvalue weighted by Gasteiger charge is 2.66. The Labute approximate surface area is 112 Å². The summed E-state index contributed by atoms with van der Waals surface area (Å²) in [5.41, 5.74) is 0.0852. The molecule has 0 radical (unpaired) electrons. The zero-order chi connectivity index (χ0) is 13.3. The van der Waals surface area contributed by atoms with Gasteiger partial charge in [0.2, 0.25) is 0 Å². The topological polar surface area (TPSA) is 38.8 Å². The number of methoxy groups -OCH3 is 1. The number of epoxide rings is 1. The number of ether oxygens (including phenoxy) is 2. The normalized spacial score (nSPS) is 27.7. The fourth-order valence-electron chi connectivity index (χ4n) is 2.34. The molecule has 1 heterocycles. The first-order valence-corrected chi connectivity index (χ1v) is 6.45. The maximum atomic E-state index is 12.0. The minimum absolute atomic E-state index is 0.105. The van der Waals surface area contributed by atoms with E-state index in [0.717, 1.165) is 12.0 Å². The standard InChI is InChI=1S/C14H17ClO3/c1-4-9(2)14(13(16)17-3)12(18-14)10-6-5-7-11(15)8-10/h5-9,12H,4H2,1-3H3. The van der Waals surface area contributed by atoms with Crippen molar-refractivity contribution < 1.29 is 14.3 Å². The van der Waals surface area contributed by atoms with E-state index in [1.54, 1.807) is 6.07 Å². The smallest absolute Gasteiger partial charge is 0.341 e. The first-order valence-electron chi connectivity index (χ1n) is 6.08. The lowest BCUT2D eigenvalue weighted by atomic mass is 9.86. The molecule has 0 spiro atoms. The molecule has 1 aliphatic rings. The number of hydrogen-bond acceptors (Lipinski definition) is 3. The van der Waals surface area contributed by atoms with Crippen LogP contribution in [0, 0.1) is 5.92 Å². The SMILES string of the molecule is CCC(C)C1(C(=O)OC)OC1c1cccc(Cl)c1. The summed E-state index contributed by atoms with van der Waals surface area (Å²) in [5.74, 6) is -0.198. The molecule has 1 aromatic carbocycles. The monoisotopic (exact) mass is 268 g/mol. The van der Waals surface area contributed by atoms with Crippen molar-refractivity contribution in [3.05, 3.63) is 34.9 Å². The summed E-state index contributed by atoms with van der Waals surface area (Å²) in [7, 11) is 1.39. The van der Waals surface area contributed by atoms with Crippen molar-refractivity contribution in [2.75, 3.05) is 7.11 Å². The first kappa shape index (κ1) is 13.4. The number of hydrogen-bond donors (Lipinski definition) is 0. The van der Waals surface area contributed by atoms with E-state index in [-0.39, 0.29) is 18.0 Å². The molecular weight excluding hydrogens is 252 g/mol.